The maximum absolute atomic E-state index is 13.1. The molecule has 0 aromatic heterocycles. The smallest absolute Gasteiger partial charge is 0.255 e. The molecule has 0 saturated carbocycles. The lowest BCUT2D eigenvalue weighted by Gasteiger charge is -2.20. The summed E-state index contributed by atoms with van der Waals surface area (Å²) in [4.78, 5) is 12.5. The fraction of sp³-hybridized carbons (Fsp3) is 0.316. The molecule has 1 aliphatic heterocycles. The summed E-state index contributed by atoms with van der Waals surface area (Å²) in [5.41, 5.74) is 0.564. The molecule has 1 N–H and O–H groups in total. The highest BCUT2D eigenvalue weighted by Gasteiger charge is 2.25. The zero-order valence-electron chi connectivity index (χ0n) is 14.6. The summed E-state index contributed by atoms with van der Waals surface area (Å²) in [5.74, 6) is -0.955. The van der Waals surface area contributed by atoms with Crippen LogP contribution >= 0.6 is 11.6 Å². The van der Waals surface area contributed by atoms with E-state index in [-0.39, 0.29) is 21.2 Å². The largest absolute Gasteiger partial charge is 0.321 e. The van der Waals surface area contributed by atoms with Crippen LogP contribution in [-0.2, 0) is 10.0 Å². The van der Waals surface area contributed by atoms with Crippen molar-refractivity contribution in [1.29, 1.82) is 0 Å². The Labute approximate surface area is 163 Å². The van der Waals surface area contributed by atoms with Crippen molar-refractivity contribution in [2.45, 2.75) is 30.6 Å². The number of amides is 1. The third-order valence-electron chi connectivity index (χ3n) is 4.50. The standard InChI is InChI=1S/C19H20ClFN2O3S/c20-17-13-15(21)7-10-18(17)22-19(24)14-5-8-16(9-6-14)27(25,26)23-11-3-1-2-4-12-23/h5-10,13H,1-4,11-12H2,(H,22,24). The molecule has 0 aliphatic carbocycles. The van der Waals surface area contributed by atoms with Crippen LogP contribution < -0.4 is 5.32 Å². The maximum Gasteiger partial charge on any atom is 0.255 e. The summed E-state index contributed by atoms with van der Waals surface area (Å²) in [6.07, 6.45) is 3.80. The first-order valence-electron chi connectivity index (χ1n) is 8.74. The van der Waals surface area contributed by atoms with Crippen LogP contribution in [0.1, 0.15) is 36.0 Å². The number of carbonyl (C=O) groups excluding carboxylic acids is 1. The fourth-order valence-electron chi connectivity index (χ4n) is 2.99. The molecule has 1 saturated heterocycles. The van der Waals surface area contributed by atoms with E-state index in [9.17, 15) is 17.6 Å². The third-order valence-corrected chi connectivity index (χ3v) is 6.72. The van der Waals surface area contributed by atoms with Gasteiger partial charge in [0.2, 0.25) is 10.0 Å². The number of nitrogens with one attached hydrogen (secondary N) is 1. The molecule has 0 bridgehead atoms. The van der Waals surface area contributed by atoms with Crippen LogP contribution in [-0.4, -0.2) is 31.7 Å². The van der Waals surface area contributed by atoms with Crippen LogP contribution in [0.3, 0.4) is 0 Å². The van der Waals surface area contributed by atoms with Crippen molar-refractivity contribution >= 4 is 33.2 Å². The number of nitrogens with zero attached hydrogens (tertiary/aromatic N) is 1. The van der Waals surface area contributed by atoms with E-state index in [2.05, 4.69) is 5.32 Å². The third kappa shape index (κ3) is 4.66. The van der Waals surface area contributed by atoms with E-state index in [4.69, 9.17) is 11.6 Å². The predicted octanol–water partition coefficient (Wildman–Crippen LogP) is 4.30. The van der Waals surface area contributed by atoms with Gasteiger partial charge in [-0.05, 0) is 55.3 Å². The first-order valence-corrected chi connectivity index (χ1v) is 10.6. The lowest BCUT2D eigenvalue weighted by molar-refractivity contribution is 0.102. The number of carbonyl (C=O) groups is 1. The fourth-order valence-corrected chi connectivity index (χ4v) is 4.73. The first kappa shape index (κ1) is 19.8. The van der Waals surface area contributed by atoms with Crippen molar-refractivity contribution in [2.75, 3.05) is 18.4 Å². The molecule has 27 heavy (non-hydrogen) atoms. The van der Waals surface area contributed by atoms with Crippen LogP contribution in [0.15, 0.2) is 47.4 Å². The number of anilines is 1. The molecule has 144 valence electrons. The van der Waals surface area contributed by atoms with Gasteiger partial charge >= 0.3 is 0 Å². The molecule has 1 aliphatic rings. The minimum atomic E-state index is -3.56. The normalized spacial score (nSPS) is 15.9. The summed E-state index contributed by atoms with van der Waals surface area (Å²) in [6.45, 7) is 1.04. The van der Waals surface area contributed by atoms with E-state index in [1.807, 2.05) is 0 Å². The van der Waals surface area contributed by atoms with Crippen molar-refractivity contribution in [3.63, 3.8) is 0 Å². The van der Waals surface area contributed by atoms with Gasteiger partial charge in [-0.3, -0.25) is 4.79 Å². The Balaban J connectivity index is 1.75. The van der Waals surface area contributed by atoms with Gasteiger partial charge in [0.1, 0.15) is 5.82 Å². The van der Waals surface area contributed by atoms with Crippen LogP contribution in [0.4, 0.5) is 10.1 Å². The Kier molecular flexibility index (Phi) is 6.14. The van der Waals surface area contributed by atoms with E-state index in [0.717, 1.165) is 31.7 Å². The van der Waals surface area contributed by atoms with Gasteiger partial charge in [0.15, 0.2) is 0 Å². The average Bonchev–Trinajstić information content (AvgIpc) is 2.94. The molecule has 8 heteroatoms. The Hall–Kier alpha value is -1.96. The first-order chi connectivity index (χ1) is 12.9. The Morgan fingerprint density at radius 3 is 2.22 bits per heavy atom. The van der Waals surface area contributed by atoms with Gasteiger partial charge in [0.25, 0.3) is 5.91 Å². The van der Waals surface area contributed by atoms with Crippen LogP contribution in [0.25, 0.3) is 0 Å². The predicted molar refractivity (Wildman–Crippen MR) is 103 cm³/mol. The van der Waals surface area contributed by atoms with E-state index in [1.165, 1.54) is 40.7 Å². The van der Waals surface area contributed by atoms with Gasteiger partial charge in [-0.15, -0.1) is 0 Å². The number of benzene rings is 2. The molecular weight excluding hydrogens is 391 g/mol. The lowest BCUT2D eigenvalue weighted by Crippen LogP contribution is -2.31. The van der Waals surface area contributed by atoms with Gasteiger partial charge in [0, 0.05) is 18.7 Å². The molecule has 0 atom stereocenters. The molecule has 1 heterocycles. The van der Waals surface area contributed by atoms with Gasteiger partial charge in [-0.1, -0.05) is 24.4 Å². The number of rotatable bonds is 4. The van der Waals surface area contributed by atoms with Gasteiger partial charge in [0.05, 0.1) is 15.6 Å². The summed E-state index contributed by atoms with van der Waals surface area (Å²) >= 11 is 5.91. The van der Waals surface area contributed by atoms with E-state index in [0.29, 0.717) is 13.1 Å². The highest BCUT2D eigenvalue weighted by molar-refractivity contribution is 7.89. The second-order valence-corrected chi connectivity index (χ2v) is 8.77. The Bertz CT molecular complexity index is 924. The zero-order chi connectivity index (χ0) is 19.4. The Morgan fingerprint density at radius 1 is 1.00 bits per heavy atom. The summed E-state index contributed by atoms with van der Waals surface area (Å²) in [5, 5.41) is 2.67. The highest BCUT2D eigenvalue weighted by Crippen LogP contribution is 2.24. The molecule has 3 rings (SSSR count). The van der Waals surface area contributed by atoms with Crippen molar-refractivity contribution in [2.24, 2.45) is 0 Å². The summed E-state index contributed by atoms with van der Waals surface area (Å²) < 4.78 is 40.1. The van der Waals surface area contributed by atoms with Crippen molar-refractivity contribution in [3.8, 4) is 0 Å². The van der Waals surface area contributed by atoms with Crippen molar-refractivity contribution in [1.82, 2.24) is 4.31 Å². The van der Waals surface area contributed by atoms with Crippen LogP contribution in [0.2, 0.25) is 5.02 Å². The molecular formula is C19H20ClFN2O3S. The van der Waals surface area contributed by atoms with Crippen LogP contribution in [0.5, 0.6) is 0 Å². The SMILES string of the molecule is O=C(Nc1ccc(F)cc1Cl)c1ccc(S(=O)(=O)N2CCCCCC2)cc1. The molecule has 1 amide bonds. The minimum Gasteiger partial charge on any atom is -0.321 e. The van der Waals surface area contributed by atoms with E-state index < -0.39 is 21.7 Å². The Morgan fingerprint density at radius 2 is 1.63 bits per heavy atom. The number of halogens is 2. The van der Waals surface area contributed by atoms with E-state index >= 15 is 0 Å². The van der Waals surface area contributed by atoms with Crippen molar-refractivity contribution in [3.05, 3.63) is 58.9 Å². The quantitative estimate of drug-likeness (QED) is 0.817. The van der Waals surface area contributed by atoms with Gasteiger partial charge < -0.3 is 5.32 Å². The number of hydrogen-bond donors (Lipinski definition) is 1. The second kappa shape index (κ2) is 8.37. The van der Waals surface area contributed by atoms with E-state index in [1.54, 1.807) is 0 Å². The molecule has 0 radical (unpaired) electrons. The molecule has 2 aromatic rings. The maximum atomic E-state index is 13.1. The molecule has 5 nitrogen and oxygen atoms in total. The molecule has 2 aromatic carbocycles. The number of hydrogen-bond acceptors (Lipinski definition) is 3. The molecule has 1 fully saturated rings. The zero-order valence-corrected chi connectivity index (χ0v) is 16.2. The second-order valence-electron chi connectivity index (χ2n) is 6.42. The van der Waals surface area contributed by atoms with Gasteiger partial charge in [-0.25, -0.2) is 12.8 Å². The molecule has 0 spiro atoms. The molecule has 0 unspecified atom stereocenters. The summed E-state index contributed by atoms with van der Waals surface area (Å²) in [7, 11) is -3.56. The van der Waals surface area contributed by atoms with Gasteiger partial charge in [-0.2, -0.15) is 4.31 Å². The monoisotopic (exact) mass is 410 g/mol. The summed E-state index contributed by atoms with van der Waals surface area (Å²) in [6, 6.07) is 9.44. The van der Waals surface area contributed by atoms with Crippen molar-refractivity contribution < 1.29 is 17.6 Å². The topological polar surface area (TPSA) is 66.5 Å². The average molecular weight is 411 g/mol. The highest BCUT2D eigenvalue weighted by atomic mass is 35.5. The van der Waals surface area contributed by atoms with Crippen LogP contribution in [0, 0.1) is 5.82 Å². The lowest BCUT2D eigenvalue weighted by atomic mass is 10.2. The number of sulfonamides is 1. The minimum absolute atomic E-state index is 0.0868.